The second-order valence-corrected chi connectivity index (χ2v) is 6.51. The zero-order valence-electron chi connectivity index (χ0n) is 9.63. The maximum Gasteiger partial charge on any atom is 0.328 e. The van der Waals surface area contributed by atoms with Crippen molar-refractivity contribution in [3.05, 3.63) is 0 Å². The molecule has 2 unspecified atom stereocenters. The first-order valence-electron chi connectivity index (χ1n) is 5.69. The van der Waals surface area contributed by atoms with E-state index < -0.39 is 40.9 Å². The van der Waals surface area contributed by atoms with Gasteiger partial charge in [-0.25, -0.2) is 4.79 Å². The van der Waals surface area contributed by atoms with Crippen molar-refractivity contribution in [1.29, 1.82) is 0 Å². The first-order valence-corrected chi connectivity index (χ1v) is 6.48. The van der Waals surface area contributed by atoms with E-state index in [2.05, 4.69) is 21.2 Å². The lowest BCUT2D eigenvalue weighted by atomic mass is 10.0. The van der Waals surface area contributed by atoms with Crippen molar-refractivity contribution < 1.29 is 24.2 Å². The minimum absolute atomic E-state index is 0.153. The summed E-state index contributed by atoms with van der Waals surface area (Å²) in [6.45, 7) is 1.79. The van der Waals surface area contributed by atoms with Crippen LogP contribution in [0.1, 0.15) is 13.3 Å². The Labute approximate surface area is 112 Å². The lowest BCUT2D eigenvalue weighted by Crippen LogP contribution is -2.69. The molecule has 3 aliphatic heterocycles. The van der Waals surface area contributed by atoms with Crippen LogP contribution in [0.4, 0.5) is 4.79 Å². The highest BCUT2D eigenvalue weighted by molar-refractivity contribution is 9.10. The Morgan fingerprint density at radius 3 is 3.00 bits per heavy atom. The number of hydrogen-bond acceptors (Lipinski definition) is 5. The van der Waals surface area contributed by atoms with Gasteiger partial charge in [0.2, 0.25) is 5.91 Å². The molecule has 3 fully saturated rings. The van der Waals surface area contributed by atoms with E-state index in [0.717, 1.165) is 0 Å². The highest BCUT2D eigenvalue weighted by Gasteiger charge is 2.56. The number of aliphatic hydroxyl groups is 1. The van der Waals surface area contributed by atoms with E-state index in [0.29, 0.717) is 6.42 Å². The fourth-order valence-corrected chi connectivity index (χ4v) is 2.96. The van der Waals surface area contributed by atoms with E-state index in [1.807, 2.05) is 0 Å². The molecule has 2 bridgehead atoms. The number of nitrogens with one attached hydrogen (secondary N) is 1. The van der Waals surface area contributed by atoms with Gasteiger partial charge in [-0.2, -0.15) is 0 Å². The molecule has 0 aromatic heterocycles. The Hall–Kier alpha value is -0.700. The fraction of sp³-hybridized carbons (Fsp3) is 0.800. The molecular weight excluding hydrogens is 308 g/mol. The molecule has 3 saturated heterocycles. The van der Waals surface area contributed by atoms with Crippen LogP contribution in [0.15, 0.2) is 0 Å². The van der Waals surface area contributed by atoms with Gasteiger partial charge in [0.15, 0.2) is 6.23 Å². The van der Waals surface area contributed by atoms with Gasteiger partial charge in [-0.15, -0.1) is 0 Å². The molecule has 0 aromatic carbocycles. The van der Waals surface area contributed by atoms with Crippen LogP contribution in [0, 0.1) is 0 Å². The van der Waals surface area contributed by atoms with Crippen molar-refractivity contribution in [2.45, 2.75) is 42.3 Å². The van der Waals surface area contributed by atoms with Gasteiger partial charge >= 0.3 is 6.03 Å². The van der Waals surface area contributed by atoms with E-state index in [1.165, 1.54) is 4.90 Å². The maximum atomic E-state index is 11.9. The highest BCUT2D eigenvalue weighted by Crippen LogP contribution is 2.38. The highest BCUT2D eigenvalue weighted by atomic mass is 79.9. The number of carbonyl (C=O) groups is 2. The van der Waals surface area contributed by atoms with E-state index in [9.17, 15) is 14.7 Å². The van der Waals surface area contributed by atoms with Crippen molar-refractivity contribution >= 4 is 27.9 Å². The molecule has 3 heterocycles. The third-order valence-corrected chi connectivity index (χ3v) is 4.30. The number of carbonyl (C=O) groups excluding carboxylic acids is 2. The molecule has 18 heavy (non-hydrogen) atoms. The summed E-state index contributed by atoms with van der Waals surface area (Å²) in [5, 5.41) is 12.0. The molecule has 7 nitrogen and oxygen atoms in total. The monoisotopic (exact) mass is 320 g/mol. The van der Waals surface area contributed by atoms with Crippen LogP contribution in [0.2, 0.25) is 0 Å². The normalized spacial score (nSPS) is 47.6. The van der Waals surface area contributed by atoms with Crippen LogP contribution in [0.25, 0.3) is 0 Å². The molecule has 3 rings (SSSR count). The second kappa shape index (κ2) is 3.89. The number of urea groups is 1. The summed E-state index contributed by atoms with van der Waals surface area (Å²) in [5.74, 6) is -0.438. The summed E-state index contributed by atoms with van der Waals surface area (Å²) in [4.78, 5) is 25.0. The molecule has 0 saturated carbocycles. The Morgan fingerprint density at radius 2 is 2.28 bits per heavy atom. The van der Waals surface area contributed by atoms with Gasteiger partial charge < -0.3 is 14.6 Å². The summed E-state index contributed by atoms with van der Waals surface area (Å²) >= 11 is 3.30. The van der Waals surface area contributed by atoms with Crippen molar-refractivity contribution in [2.24, 2.45) is 0 Å². The number of amides is 3. The van der Waals surface area contributed by atoms with E-state index in [4.69, 9.17) is 9.47 Å². The van der Waals surface area contributed by atoms with Gasteiger partial charge in [0.1, 0.15) is 16.7 Å². The number of halogens is 1. The molecule has 3 aliphatic rings. The Kier molecular flexibility index (Phi) is 2.67. The first kappa shape index (κ1) is 12.3. The van der Waals surface area contributed by atoms with Gasteiger partial charge in [0.05, 0.1) is 12.7 Å². The molecule has 3 amide bonds. The van der Waals surface area contributed by atoms with Gasteiger partial charge in [-0.1, -0.05) is 15.9 Å². The van der Waals surface area contributed by atoms with Gasteiger partial charge in [-0.3, -0.25) is 15.0 Å². The number of imide groups is 1. The maximum absolute atomic E-state index is 11.9. The molecule has 100 valence electrons. The standard InChI is InChI=1S/C10H13BrN2O5/c1-10(11)7(15)12-9(16)13-6-2-4(14)5(18-6)3-17-8(10)13/h4-6,8,14H,2-3H2,1H3,(H,12,15,16)/t4-,5+,6+,8?,10?/m0/s1. The number of aliphatic hydroxyl groups excluding tert-OH is 1. The summed E-state index contributed by atoms with van der Waals surface area (Å²) in [6.07, 6.45) is -2.08. The predicted octanol–water partition coefficient (Wildman–Crippen LogP) is -0.476. The van der Waals surface area contributed by atoms with Crippen LogP contribution >= 0.6 is 15.9 Å². The molecule has 0 spiro atoms. The number of hydrogen-bond donors (Lipinski definition) is 2. The zero-order chi connectivity index (χ0) is 13.1. The topological polar surface area (TPSA) is 88.1 Å². The van der Waals surface area contributed by atoms with Crippen LogP contribution in [0.3, 0.4) is 0 Å². The van der Waals surface area contributed by atoms with Crippen LogP contribution in [-0.2, 0) is 14.3 Å². The number of ether oxygens (including phenoxy) is 2. The van der Waals surface area contributed by atoms with Crippen molar-refractivity contribution in [3.63, 3.8) is 0 Å². The quantitative estimate of drug-likeness (QED) is 0.589. The third kappa shape index (κ3) is 1.59. The largest absolute Gasteiger partial charge is 0.390 e. The summed E-state index contributed by atoms with van der Waals surface area (Å²) in [7, 11) is 0. The molecule has 5 atom stereocenters. The average molecular weight is 321 g/mol. The Balaban J connectivity index is 1.96. The minimum atomic E-state index is -1.03. The number of fused-ring (bicyclic) bond motifs is 4. The lowest BCUT2D eigenvalue weighted by Gasteiger charge is -2.44. The number of nitrogens with zero attached hydrogens (tertiary/aromatic N) is 1. The molecule has 8 heteroatoms. The van der Waals surface area contributed by atoms with Crippen LogP contribution < -0.4 is 5.32 Å². The fourth-order valence-electron chi connectivity index (χ4n) is 2.50. The van der Waals surface area contributed by atoms with Crippen LogP contribution in [0.5, 0.6) is 0 Å². The summed E-state index contributed by atoms with van der Waals surface area (Å²) in [5.41, 5.74) is 0. The van der Waals surface area contributed by atoms with Gasteiger partial charge in [0.25, 0.3) is 0 Å². The molecule has 2 N–H and O–H groups in total. The summed E-state index contributed by atoms with van der Waals surface area (Å²) < 4.78 is 10.1. The number of alkyl halides is 1. The zero-order valence-corrected chi connectivity index (χ0v) is 11.2. The first-order chi connectivity index (χ1) is 8.41. The summed E-state index contributed by atoms with van der Waals surface area (Å²) in [6, 6.07) is -0.554. The van der Waals surface area contributed by atoms with E-state index in [1.54, 1.807) is 6.92 Å². The van der Waals surface area contributed by atoms with E-state index >= 15 is 0 Å². The SMILES string of the molecule is CC1(Br)C(=O)NC(=O)N2C1OC[C@H]1O[C@@H]2C[C@@H]1O. The average Bonchev–Trinajstić information content (AvgIpc) is 2.52. The van der Waals surface area contributed by atoms with Crippen molar-refractivity contribution in [2.75, 3.05) is 6.61 Å². The predicted molar refractivity (Wildman–Crippen MR) is 61.7 cm³/mol. The minimum Gasteiger partial charge on any atom is -0.390 e. The van der Waals surface area contributed by atoms with Crippen molar-refractivity contribution in [1.82, 2.24) is 10.2 Å². The third-order valence-electron chi connectivity index (χ3n) is 3.55. The second-order valence-electron chi connectivity index (χ2n) is 4.86. The van der Waals surface area contributed by atoms with Crippen LogP contribution in [-0.4, -0.2) is 57.5 Å². The lowest BCUT2D eigenvalue weighted by molar-refractivity contribution is -0.140. The van der Waals surface area contributed by atoms with Gasteiger partial charge in [0, 0.05) is 6.42 Å². The molecular formula is C10H13BrN2O5. The Bertz CT molecular complexity index is 415. The molecule has 0 radical (unpaired) electrons. The molecule has 0 aliphatic carbocycles. The van der Waals surface area contributed by atoms with Gasteiger partial charge in [-0.05, 0) is 6.92 Å². The smallest absolute Gasteiger partial charge is 0.328 e. The molecule has 0 aromatic rings. The number of rotatable bonds is 0. The Morgan fingerprint density at radius 1 is 1.56 bits per heavy atom. The van der Waals surface area contributed by atoms with E-state index in [-0.39, 0.29) is 6.61 Å². The van der Waals surface area contributed by atoms with Crippen molar-refractivity contribution in [3.8, 4) is 0 Å².